The van der Waals surface area contributed by atoms with Gasteiger partial charge in [-0.25, -0.2) is 0 Å². The second-order valence-electron chi connectivity index (χ2n) is 4.09. The van der Waals surface area contributed by atoms with E-state index in [0.717, 1.165) is 11.1 Å². The Hall–Kier alpha value is -1.51. The molecule has 0 fully saturated rings. The number of aliphatic hydroxyl groups is 1. The van der Waals surface area contributed by atoms with Gasteiger partial charge in [0.05, 0.1) is 6.10 Å². The molecule has 2 aromatic rings. The van der Waals surface area contributed by atoms with E-state index >= 15 is 0 Å². The quantitative estimate of drug-likeness (QED) is 0.903. The molecule has 18 heavy (non-hydrogen) atoms. The summed E-state index contributed by atoms with van der Waals surface area (Å²) in [6.45, 7) is 2.11. The molecule has 1 atom stereocenters. The molecular formula is C15H15ClO2. The predicted molar refractivity (Wildman–Crippen MR) is 72.9 cm³/mol. The van der Waals surface area contributed by atoms with E-state index in [2.05, 4.69) is 0 Å². The number of rotatable bonds is 4. The van der Waals surface area contributed by atoms with E-state index in [0.29, 0.717) is 17.4 Å². The summed E-state index contributed by atoms with van der Waals surface area (Å²) in [7, 11) is 0. The molecule has 1 unspecified atom stereocenters. The average molecular weight is 263 g/mol. The second kappa shape index (κ2) is 5.89. The lowest BCUT2D eigenvalue weighted by Gasteiger charge is -2.13. The lowest BCUT2D eigenvalue weighted by Crippen LogP contribution is -2.01. The van der Waals surface area contributed by atoms with Crippen LogP contribution in [0, 0.1) is 0 Å². The van der Waals surface area contributed by atoms with Gasteiger partial charge >= 0.3 is 0 Å². The van der Waals surface area contributed by atoms with Gasteiger partial charge in [-0.2, -0.15) is 0 Å². The number of hydrogen-bond acceptors (Lipinski definition) is 2. The summed E-state index contributed by atoms with van der Waals surface area (Å²) in [5.74, 6) is 0.687. The number of para-hydroxylation sites is 1. The molecule has 0 aliphatic rings. The minimum Gasteiger partial charge on any atom is -0.488 e. The summed E-state index contributed by atoms with van der Waals surface area (Å²) < 4.78 is 5.72. The first-order valence-electron chi connectivity index (χ1n) is 5.81. The fraction of sp³-hybridized carbons (Fsp3) is 0.200. The highest BCUT2D eigenvalue weighted by Crippen LogP contribution is 2.26. The standard InChI is InChI=1S/C15H15ClO2/c1-11(17)13-7-3-5-9-15(13)18-10-12-6-2-4-8-14(12)16/h2-9,11,17H,10H2,1H3. The summed E-state index contributed by atoms with van der Waals surface area (Å²) in [4.78, 5) is 0. The van der Waals surface area contributed by atoms with Gasteiger partial charge in [-0.05, 0) is 19.1 Å². The summed E-state index contributed by atoms with van der Waals surface area (Å²) >= 11 is 6.06. The van der Waals surface area contributed by atoms with Crippen LogP contribution in [0.5, 0.6) is 5.75 Å². The molecule has 0 heterocycles. The van der Waals surface area contributed by atoms with Gasteiger partial charge in [-0.3, -0.25) is 0 Å². The average Bonchev–Trinajstić information content (AvgIpc) is 2.38. The first-order valence-corrected chi connectivity index (χ1v) is 6.19. The van der Waals surface area contributed by atoms with Crippen LogP contribution in [-0.2, 0) is 6.61 Å². The van der Waals surface area contributed by atoms with E-state index in [4.69, 9.17) is 16.3 Å². The summed E-state index contributed by atoms with van der Waals surface area (Å²) in [5, 5.41) is 10.3. The van der Waals surface area contributed by atoms with Crippen molar-refractivity contribution in [3.63, 3.8) is 0 Å². The molecule has 2 nitrogen and oxygen atoms in total. The van der Waals surface area contributed by atoms with Gasteiger partial charge in [0, 0.05) is 16.1 Å². The van der Waals surface area contributed by atoms with Crippen molar-refractivity contribution in [2.45, 2.75) is 19.6 Å². The molecule has 0 aromatic heterocycles. The lowest BCUT2D eigenvalue weighted by molar-refractivity contribution is 0.190. The zero-order valence-electron chi connectivity index (χ0n) is 10.1. The van der Waals surface area contributed by atoms with Gasteiger partial charge in [-0.15, -0.1) is 0 Å². The maximum Gasteiger partial charge on any atom is 0.125 e. The highest BCUT2D eigenvalue weighted by atomic mass is 35.5. The summed E-state index contributed by atoms with van der Waals surface area (Å²) in [5.41, 5.74) is 1.71. The minimum atomic E-state index is -0.549. The predicted octanol–water partition coefficient (Wildman–Crippen LogP) is 3.97. The molecule has 3 heteroatoms. The first-order chi connectivity index (χ1) is 8.68. The topological polar surface area (TPSA) is 29.5 Å². The first kappa shape index (κ1) is 12.9. The third kappa shape index (κ3) is 3.03. The zero-order valence-corrected chi connectivity index (χ0v) is 10.9. The Kier molecular flexibility index (Phi) is 4.24. The van der Waals surface area contributed by atoms with Crippen LogP contribution in [0.25, 0.3) is 0 Å². The van der Waals surface area contributed by atoms with Crippen molar-refractivity contribution in [2.75, 3.05) is 0 Å². The van der Waals surface area contributed by atoms with Crippen LogP contribution in [0.15, 0.2) is 48.5 Å². The number of benzene rings is 2. The molecule has 0 radical (unpaired) electrons. The third-order valence-electron chi connectivity index (χ3n) is 2.71. The van der Waals surface area contributed by atoms with Gasteiger partial charge < -0.3 is 9.84 Å². The van der Waals surface area contributed by atoms with Crippen LogP contribution in [0.2, 0.25) is 5.02 Å². The molecule has 1 N–H and O–H groups in total. The Labute approximate surface area is 112 Å². The van der Waals surface area contributed by atoms with Crippen molar-refractivity contribution in [1.82, 2.24) is 0 Å². The molecule has 2 aromatic carbocycles. The van der Waals surface area contributed by atoms with E-state index < -0.39 is 6.10 Å². The van der Waals surface area contributed by atoms with Crippen molar-refractivity contribution in [2.24, 2.45) is 0 Å². The SMILES string of the molecule is CC(O)c1ccccc1OCc1ccccc1Cl. The molecule has 0 saturated carbocycles. The van der Waals surface area contributed by atoms with Crippen LogP contribution in [0.4, 0.5) is 0 Å². The van der Waals surface area contributed by atoms with Gasteiger partial charge in [0.15, 0.2) is 0 Å². The van der Waals surface area contributed by atoms with Crippen molar-refractivity contribution in [3.05, 3.63) is 64.7 Å². The Balaban J connectivity index is 2.14. The van der Waals surface area contributed by atoms with E-state index in [9.17, 15) is 5.11 Å². The van der Waals surface area contributed by atoms with Gasteiger partial charge in [0.1, 0.15) is 12.4 Å². The van der Waals surface area contributed by atoms with Crippen molar-refractivity contribution < 1.29 is 9.84 Å². The minimum absolute atomic E-state index is 0.392. The molecule has 0 bridgehead atoms. The number of ether oxygens (including phenoxy) is 1. The Bertz CT molecular complexity index is 523. The van der Waals surface area contributed by atoms with Crippen LogP contribution in [0.3, 0.4) is 0 Å². The van der Waals surface area contributed by atoms with E-state index in [1.54, 1.807) is 6.92 Å². The molecule has 2 rings (SSSR count). The fourth-order valence-corrected chi connectivity index (χ4v) is 1.92. The molecule has 0 saturated heterocycles. The number of halogens is 1. The molecular weight excluding hydrogens is 248 g/mol. The van der Waals surface area contributed by atoms with Crippen molar-refractivity contribution in [1.29, 1.82) is 0 Å². The smallest absolute Gasteiger partial charge is 0.125 e. The second-order valence-corrected chi connectivity index (χ2v) is 4.50. The van der Waals surface area contributed by atoms with Crippen molar-refractivity contribution >= 4 is 11.6 Å². The van der Waals surface area contributed by atoms with Gasteiger partial charge in [0.25, 0.3) is 0 Å². The molecule has 0 aliphatic heterocycles. The van der Waals surface area contributed by atoms with Gasteiger partial charge in [0.2, 0.25) is 0 Å². The zero-order chi connectivity index (χ0) is 13.0. The Morgan fingerprint density at radius 3 is 2.50 bits per heavy atom. The lowest BCUT2D eigenvalue weighted by atomic mass is 10.1. The van der Waals surface area contributed by atoms with Crippen LogP contribution < -0.4 is 4.74 Å². The summed E-state index contributed by atoms with van der Waals surface area (Å²) in [6.07, 6.45) is -0.549. The molecule has 0 aliphatic carbocycles. The van der Waals surface area contributed by atoms with Gasteiger partial charge in [-0.1, -0.05) is 48.0 Å². The van der Waals surface area contributed by atoms with E-state index in [1.807, 2.05) is 48.5 Å². The normalized spacial score (nSPS) is 12.2. The molecule has 94 valence electrons. The summed E-state index contributed by atoms with van der Waals surface area (Å²) in [6, 6.07) is 15.0. The maximum atomic E-state index is 9.65. The number of hydrogen-bond donors (Lipinski definition) is 1. The monoisotopic (exact) mass is 262 g/mol. The Morgan fingerprint density at radius 2 is 1.78 bits per heavy atom. The van der Waals surface area contributed by atoms with Crippen LogP contribution >= 0.6 is 11.6 Å². The van der Waals surface area contributed by atoms with E-state index in [1.165, 1.54) is 0 Å². The third-order valence-corrected chi connectivity index (χ3v) is 3.08. The maximum absolute atomic E-state index is 9.65. The molecule has 0 amide bonds. The Morgan fingerprint density at radius 1 is 1.11 bits per heavy atom. The number of aliphatic hydroxyl groups excluding tert-OH is 1. The molecule has 0 spiro atoms. The fourth-order valence-electron chi connectivity index (χ4n) is 1.73. The van der Waals surface area contributed by atoms with Crippen molar-refractivity contribution in [3.8, 4) is 5.75 Å². The van der Waals surface area contributed by atoms with Crippen LogP contribution in [-0.4, -0.2) is 5.11 Å². The highest BCUT2D eigenvalue weighted by Gasteiger charge is 2.08. The highest BCUT2D eigenvalue weighted by molar-refractivity contribution is 6.31. The largest absolute Gasteiger partial charge is 0.488 e. The van der Waals surface area contributed by atoms with Crippen LogP contribution in [0.1, 0.15) is 24.2 Å². The van der Waals surface area contributed by atoms with E-state index in [-0.39, 0.29) is 0 Å².